The number of halogens is 4. The first-order valence-electron chi connectivity index (χ1n) is 9.73. The topological polar surface area (TPSA) is 60.9 Å². The molecule has 1 aromatic rings. The molecule has 2 aliphatic heterocycles. The summed E-state index contributed by atoms with van der Waals surface area (Å²) in [5.41, 5.74) is 0.779. The summed E-state index contributed by atoms with van der Waals surface area (Å²) in [6.45, 7) is 3.23. The highest BCUT2D eigenvalue weighted by Gasteiger charge is 2.45. The predicted molar refractivity (Wildman–Crippen MR) is 96.6 cm³/mol. The molecular formula is C20H24F4N2O3. The van der Waals surface area contributed by atoms with Gasteiger partial charge in [-0.2, -0.15) is 13.2 Å². The Balaban J connectivity index is 0.000000298. The van der Waals surface area contributed by atoms with Crippen molar-refractivity contribution in [2.24, 2.45) is 5.92 Å². The van der Waals surface area contributed by atoms with E-state index in [0.717, 1.165) is 37.4 Å². The number of hydrogen-bond donors (Lipinski definition) is 1. The lowest BCUT2D eigenvalue weighted by atomic mass is 10.1. The first-order valence-corrected chi connectivity index (χ1v) is 9.73. The number of hydrogen-bond acceptors (Lipinski definition) is 3. The highest BCUT2D eigenvalue weighted by atomic mass is 19.4. The SMILES string of the molecule is O=C(Cc1cccc(F)c1)N1CC[C@H]2[C@H]1CCN2CC1CC1.O=C(O)C(F)(F)F. The van der Waals surface area contributed by atoms with Gasteiger partial charge in [0.1, 0.15) is 5.82 Å². The van der Waals surface area contributed by atoms with Crippen molar-refractivity contribution in [2.75, 3.05) is 19.6 Å². The van der Waals surface area contributed by atoms with Crippen LogP contribution in [0.3, 0.4) is 0 Å². The second-order valence-corrected chi connectivity index (χ2v) is 7.85. The molecule has 0 spiro atoms. The van der Waals surface area contributed by atoms with E-state index in [2.05, 4.69) is 9.80 Å². The highest BCUT2D eigenvalue weighted by Crippen LogP contribution is 2.37. The molecule has 1 aliphatic carbocycles. The first kappa shape index (κ1) is 21.5. The van der Waals surface area contributed by atoms with Crippen LogP contribution in [-0.4, -0.2) is 64.7 Å². The summed E-state index contributed by atoms with van der Waals surface area (Å²) in [6, 6.07) is 7.36. The number of carboxylic acid groups (broad SMARTS) is 1. The van der Waals surface area contributed by atoms with Gasteiger partial charge in [0.05, 0.1) is 6.42 Å². The molecule has 5 nitrogen and oxygen atoms in total. The van der Waals surface area contributed by atoms with E-state index in [0.29, 0.717) is 18.5 Å². The summed E-state index contributed by atoms with van der Waals surface area (Å²) in [4.78, 5) is 26.2. The van der Waals surface area contributed by atoms with Crippen LogP contribution in [0.15, 0.2) is 24.3 Å². The van der Waals surface area contributed by atoms with E-state index in [1.165, 1.54) is 31.5 Å². The van der Waals surface area contributed by atoms with Crippen LogP contribution in [0.25, 0.3) is 0 Å². The standard InChI is InChI=1S/C18H23FN2O.C2HF3O2/c19-15-3-1-2-14(10-15)11-18(22)21-9-7-16-17(21)6-8-20(16)12-13-4-5-13;3-2(4,5)1(6)7/h1-3,10,13,16-17H,4-9,11-12H2;(H,6,7)/t16-,17+;/m0./s1. The Hall–Kier alpha value is -2.16. The molecule has 0 aromatic heterocycles. The van der Waals surface area contributed by atoms with Gasteiger partial charge in [-0.3, -0.25) is 9.69 Å². The van der Waals surface area contributed by atoms with Gasteiger partial charge in [0, 0.05) is 31.7 Å². The maximum absolute atomic E-state index is 13.3. The Morgan fingerprint density at radius 2 is 1.72 bits per heavy atom. The van der Waals surface area contributed by atoms with Crippen molar-refractivity contribution in [1.82, 2.24) is 9.80 Å². The van der Waals surface area contributed by atoms with Crippen LogP contribution in [0.5, 0.6) is 0 Å². The van der Waals surface area contributed by atoms with Gasteiger partial charge in [0.15, 0.2) is 0 Å². The second kappa shape index (κ2) is 8.69. The fourth-order valence-electron chi connectivity index (χ4n) is 4.17. The molecule has 1 aromatic carbocycles. The Labute approximate surface area is 166 Å². The van der Waals surface area contributed by atoms with Crippen LogP contribution in [0, 0.1) is 11.7 Å². The van der Waals surface area contributed by atoms with Gasteiger partial charge in [-0.05, 0) is 49.3 Å². The van der Waals surface area contributed by atoms with Crippen molar-refractivity contribution in [3.05, 3.63) is 35.6 Å². The molecule has 2 heterocycles. The summed E-state index contributed by atoms with van der Waals surface area (Å²) < 4.78 is 45.0. The van der Waals surface area contributed by atoms with E-state index in [1.54, 1.807) is 6.07 Å². The number of fused-ring (bicyclic) bond motifs is 1. The van der Waals surface area contributed by atoms with Crippen molar-refractivity contribution < 1.29 is 32.3 Å². The number of carbonyl (C=O) groups is 2. The zero-order valence-corrected chi connectivity index (χ0v) is 15.9. The third kappa shape index (κ3) is 5.68. The lowest BCUT2D eigenvalue weighted by molar-refractivity contribution is -0.192. The van der Waals surface area contributed by atoms with Crippen molar-refractivity contribution in [2.45, 2.75) is 50.4 Å². The monoisotopic (exact) mass is 416 g/mol. The molecule has 1 saturated carbocycles. The number of nitrogens with zero attached hydrogens (tertiary/aromatic N) is 2. The second-order valence-electron chi connectivity index (χ2n) is 7.85. The van der Waals surface area contributed by atoms with E-state index in [-0.39, 0.29) is 11.7 Å². The van der Waals surface area contributed by atoms with Gasteiger partial charge in [-0.15, -0.1) is 0 Å². The average molecular weight is 416 g/mol. The molecule has 4 rings (SSSR count). The van der Waals surface area contributed by atoms with E-state index in [4.69, 9.17) is 9.90 Å². The van der Waals surface area contributed by atoms with Crippen LogP contribution in [0.2, 0.25) is 0 Å². The third-order valence-corrected chi connectivity index (χ3v) is 5.69. The Kier molecular flexibility index (Phi) is 6.45. The zero-order chi connectivity index (χ0) is 21.2. The number of amides is 1. The fourth-order valence-corrected chi connectivity index (χ4v) is 4.17. The summed E-state index contributed by atoms with van der Waals surface area (Å²) in [7, 11) is 0. The van der Waals surface area contributed by atoms with Crippen molar-refractivity contribution >= 4 is 11.9 Å². The van der Waals surface area contributed by atoms with Crippen LogP contribution >= 0.6 is 0 Å². The van der Waals surface area contributed by atoms with Gasteiger partial charge < -0.3 is 10.0 Å². The molecule has 1 N–H and O–H groups in total. The van der Waals surface area contributed by atoms with Gasteiger partial charge in [-0.25, -0.2) is 9.18 Å². The smallest absolute Gasteiger partial charge is 0.475 e. The van der Waals surface area contributed by atoms with Crippen LogP contribution in [0.1, 0.15) is 31.2 Å². The molecule has 0 unspecified atom stereocenters. The third-order valence-electron chi connectivity index (χ3n) is 5.69. The molecule has 9 heteroatoms. The summed E-state index contributed by atoms with van der Waals surface area (Å²) in [6.07, 6.45) is 0.217. The maximum Gasteiger partial charge on any atom is 0.490 e. The highest BCUT2D eigenvalue weighted by molar-refractivity contribution is 5.79. The van der Waals surface area contributed by atoms with Gasteiger partial charge >= 0.3 is 12.1 Å². The largest absolute Gasteiger partial charge is 0.490 e. The van der Waals surface area contributed by atoms with E-state index >= 15 is 0 Å². The Morgan fingerprint density at radius 3 is 2.31 bits per heavy atom. The number of alkyl halides is 3. The molecule has 2 saturated heterocycles. The van der Waals surface area contributed by atoms with Gasteiger partial charge in [-0.1, -0.05) is 12.1 Å². The minimum absolute atomic E-state index is 0.159. The lowest BCUT2D eigenvalue weighted by Crippen LogP contribution is -2.40. The number of aliphatic carboxylic acids is 1. The molecule has 0 bridgehead atoms. The number of likely N-dealkylation sites (tertiary alicyclic amines) is 2. The predicted octanol–water partition coefficient (Wildman–Crippen LogP) is 3.09. The molecule has 3 fully saturated rings. The van der Waals surface area contributed by atoms with Gasteiger partial charge in [0.25, 0.3) is 0 Å². The van der Waals surface area contributed by atoms with Crippen LogP contribution < -0.4 is 0 Å². The molecule has 29 heavy (non-hydrogen) atoms. The maximum atomic E-state index is 13.3. The number of benzene rings is 1. The number of carbonyl (C=O) groups excluding carboxylic acids is 1. The zero-order valence-electron chi connectivity index (χ0n) is 15.9. The number of carboxylic acids is 1. The number of rotatable bonds is 4. The van der Waals surface area contributed by atoms with Crippen molar-refractivity contribution in [3.63, 3.8) is 0 Å². The minimum Gasteiger partial charge on any atom is -0.475 e. The fraction of sp³-hybridized carbons (Fsp3) is 0.600. The molecule has 0 radical (unpaired) electrons. The van der Waals surface area contributed by atoms with Crippen molar-refractivity contribution in [1.29, 1.82) is 0 Å². The summed E-state index contributed by atoms with van der Waals surface area (Å²) >= 11 is 0. The average Bonchev–Trinajstić information content (AvgIpc) is 3.20. The quantitative estimate of drug-likeness (QED) is 0.767. The summed E-state index contributed by atoms with van der Waals surface area (Å²) in [5.74, 6) is -1.95. The Bertz CT molecular complexity index is 751. The minimum atomic E-state index is -5.08. The molecule has 160 valence electrons. The van der Waals surface area contributed by atoms with E-state index < -0.39 is 12.1 Å². The first-order chi connectivity index (χ1) is 13.6. The van der Waals surface area contributed by atoms with Crippen LogP contribution in [0.4, 0.5) is 17.6 Å². The lowest BCUT2D eigenvalue weighted by Gasteiger charge is -2.25. The molecule has 3 aliphatic rings. The van der Waals surface area contributed by atoms with Gasteiger partial charge in [0.2, 0.25) is 5.91 Å². The summed E-state index contributed by atoms with van der Waals surface area (Å²) in [5, 5.41) is 7.12. The molecule has 1 amide bonds. The Morgan fingerprint density at radius 1 is 1.07 bits per heavy atom. The van der Waals surface area contributed by atoms with E-state index in [9.17, 15) is 22.4 Å². The molecule has 2 atom stereocenters. The molecular weight excluding hydrogens is 392 g/mol. The van der Waals surface area contributed by atoms with Crippen LogP contribution in [-0.2, 0) is 16.0 Å². The van der Waals surface area contributed by atoms with Crippen molar-refractivity contribution in [3.8, 4) is 0 Å². The normalized spacial score (nSPS) is 24.1. The van der Waals surface area contributed by atoms with E-state index in [1.807, 2.05) is 6.07 Å².